The highest BCUT2D eigenvalue weighted by Gasteiger charge is 2.21. The number of carbonyl (C=O) groups excluding carboxylic acids is 2. The number of rotatable bonds is 5. The standard InChI is InChI=1S/C7H14N2O4S/c1-5(2)3-6(4-10)7(11)9-14(8,12)13/h4-6H,3H2,1-2H3,(H,9,11)(H2,8,12,13). The van der Waals surface area contributed by atoms with Gasteiger partial charge >= 0.3 is 0 Å². The van der Waals surface area contributed by atoms with Gasteiger partial charge in [0.2, 0.25) is 5.91 Å². The Morgan fingerprint density at radius 3 is 2.29 bits per heavy atom. The molecular weight excluding hydrogens is 208 g/mol. The van der Waals surface area contributed by atoms with E-state index >= 15 is 0 Å². The fourth-order valence-electron chi connectivity index (χ4n) is 0.948. The smallest absolute Gasteiger partial charge is 0.298 e. The molecule has 82 valence electrons. The monoisotopic (exact) mass is 222 g/mol. The van der Waals surface area contributed by atoms with Gasteiger partial charge in [0.25, 0.3) is 10.2 Å². The average Bonchev–Trinajstić information content (AvgIpc) is 1.96. The summed E-state index contributed by atoms with van der Waals surface area (Å²) in [6.07, 6.45) is 0.714. The fraction of sp³-hybridized carbons (Fsp3) is 0.714. The van der Waals surface area contributed by atoms with Crippen molar-refractivity contribution in [3.63, 3.8) is 0 Å². The molecule has 14 heavy (non-hydrogen) atoms. The average molecular weight is 222 g/mol. The zero-order chi connectivity index (χ0) is 11.4. The minimum Gasteiger partial charge on any atom is -0.303 e. The highest BCUT2D eigenvalue weighted by Crippen LogP contribution is 2.09. The van der Waals surface area contributed by atoms with Gasteiger partial charge < -0.3 is 4.79 Å². The van der Waals surface area contributed by atoms with Crippen molar-refractivity contribution in [1.82, 2.24) is 4.72 Å². The van der Waals surface area contributed by atoms with Gasteiger partial charge in [0, 0.05) is 0 Å². The molecule has 1 unspecified atom stereocenters. The highest BCUT2D eigenvalue weighted by molar-refractivity contribution is 7.87. The first-order valence-electron chi connectivity index (χ1n) is 4.06. The summed E-state index contributed by atoms with van der Waals surface area (Å²) in [7, 11) is -4.07. The van der Waals surface area contributed by atoms with Crippen LogP contribution in [0.4, 0.5) is 0 Å². The van der Waals surface area contributed by atoms with Crippen LogP contribution in [0.2, 0.25) is 0 Å². The zero-order valence-corrected chi connectivity index (χ0v) is 8.87. The molecule has 0 bridgehead atoms. The van der Waals surface area contributed by atoms with Crippen molar-refractivity contribution in [3.05, 3.63) is 0 Å². The predicted molar refractivity (Wildman–Crippen MR) is 50.3 cm³/mol. The Morgan fingerprint density at radius 2 is 2.00 bits per heavy atom. The summed E-state index contributed by atoms with van der Waals surface area (Å²) in [6, 6.07) is 0. The first-order valence-corrected chi connectivity index (χ1v) is 5.60. The molecular formula is C7H14N2O4S. The second kappa shape index (κ2) is 5.06. The van der Waals surface area contributed by atoms with Gasteiger partial charge in [-0.1, -0.05) is 13.8 Å². The summed E-state index contributed by atoms with van der Waals surface area (Å²) in [4.78, 5) is 21.6. The van der Waals surface area contributed by atoms with Crippen LogP contribution in [0.5, 0.6) is 0 Å². The predicted octanol–water partition coefficient (Wildman–Crippen LogP) is -0.833. The molecule has 6 nitrogen and oxygen atoms in total. The number of hydrogen-bond donors (Lipinski definition) is 2. The maximum atomic E-state index is 11.1. The zero-order valence-electron chi connectivity index (χ0n) is 8.06. The van der Waals surface area contributed by atoms with Crippen LogP contribution in [0.25, 0.3) is 0 Å². The van der Waals surface area contributed by atoms with E-state index in [2.05, 4.69) is 5.14 Å². The van der Waals surface area contributed by atoms with Crippen molar-refractivity contribution in [3.8, 4) is 0 Å². The second-order valence-electron chi connectivity index (χ2n) is 3.38. The SMILES string of the molecule is CC(C)CC(C=O)C(=O)NS(N)(=O)=O. The molecule has 0 radical (unpaired) electrons. The van der Waals surface area contributed by atoms with Gasteiger partial charge in [0.15, 0.2) is 0 Å². The van der Waals surface area contributed by atoms with E-state index in [1.54, 1.807) is 4.72 Å². The van der Waals surface area contributed by atoms with Crippen LogP contribution < -0.4 is 9.86 Å². The Bertz CT molecular complexity index is 310. The number of nitrogens with one attached hydrogen (secondary N) is 1. The Balaban J connectivity index is 4.40. The van der Waals surface area contributed by atoms with E-state index in [9.17, 15) is 18.0 Å². The first-order chi connectivity index (χ1) is 6.26. The molecule has 1 atom stereocenters. The Morgan fingerprint density at radius 1 is 1.50 bits per heavy atom. The molecule has 0 saturated carbocycles. The Labute approximate surface area is 83.0 Å². The second-order valence-corrected chi connectivity index (χ2v) is 4.68. The molecule has 0 heterocycles. The molecule has 0 aliphatic carbocycles. The number of nitrogens with two attached hydrogens (primary N) is 1. The van der Waals surface area contributed by atoms with Crippen molar-refractivity contribution in [2.45, 2.75) is 20.3 Å². The van der Waals surface area contributed by atoms with Gasteiger partial charge in [0.1, 0.15) is 6.29 Å². The minimum atomic E-state index is -4.07. The third kappa shape index (κ3) is 5.65. The van der Waals surface area contributed by atoms with Crippen molar-refractivity contribution in [2.24, 2.45) is 17.0 Å². The summed E-state index contributed by atoms with van der Waals surface area (Å²) >= 11 is 0. The molecule has 0 aliphatic rings. The molecule has 0 spiro atoms. The van der Waals surface area contributed by atoms with E-state index in [4.69, 9.17) is 0 Å². The van der Waals surface area contributed by atoms with Crippen LogP contribution in [0.15, 0.2) is 0 Å². The lowest BCUT2D eigenvalue weighted by Gasteiger charge is -2.11. The number of amides is 1. The van der Waals surface area contributed by atoms with Crippen molar-refractivity contribution in [2.75, 3.05) is 0 Å². The summed E-state index contributed by atoms with van der Waals surface area (Å²) in [5.41, 5.74) is 0. The Kier molecular flexibility index (Phi) is 4.72. The largest absolute Gasteiger partial charge is 0.303 e. The van der Waals surface area contributed by atoms with Crippen molar-refractivity contribution < 1.29 is 18.0 Å². The van der Waals surface area contributed by atoms with Crippen LogP contribution in [-0.2, 0) is 19.8 Å². The number of hydrogen-bond acceptors (Lipinski definition) is 4. The molecule has 7 heteroatoms. The third-order valence-corrected chi connectivity index (χ3v) is 1.95. The highest BCUT2D eigenvalue weighted by atomic mass is 32.2. The van der Waals surface area contributed by atoms with Crippen LogP contribution in [0.3, 0.4) is 0 Å². The fourth-order valence-corrected chi connectivity index (χ4v) is 1.38. The lowest BCUT2D eigenvalue weighted by molar-refractivity contribution is -0.128. The molecule has 1 amide bonds. The lowest BCUT2D eigenvalue weighted by atomic mass is 9.98. The molecule has 0 aromatic rings. The number of aldehydes is 1. The molecule has 0 aliphatic heterocycles. The molecule has 0 aromatic carbocycles. The van der Waals surface area contributed by atoms with Gasteiger partial charge in [-0.25, -0.2) is 9.86 Å². The van der Waals surface area contributed by atoms with Crippen LogP contribution in [0, 0.1) is 11.8 Å². The molecule has 0 fully saturated rings. The van der Waals surface area contributed by atoms with E-state index in [0.29, 0.717) is 12.7 Å². The van der Waals surface area contributed by atoms with Gasteiger partial charge in [0.05, 0.1) is 5.92 Å². The molecule has 0 saturated heterocycles. The minimum absolute atomic E-state index is 0.122. The molecule has 3 N–H and O–H groups in total. The summed E-state index contributed by atoms with van der Waals surface area (Å²) in [6.45, 7) is 3.64. The summed E-state index contributed by atoms with van der Waals surface area (Å²) in [5, 5.41) is 4.58. The van der Waals surface area contributed by atoms with Gasteiger partial charge in [-0.2, -0.15) is 8.42 Å². The summed E-state index contributed by atoms with van der Waals surface area (Å²) in [5.74, 6) is -1.72. The van der Waals surface area contributed by atoms with E-state index in [1.165, 1.54) is 0 Å². The van der Waals surface area contributed by atoms with Gasteiger partial charge in [-0.3, -0.25) is 4.79 Å². The topological polar surface area (TPSA) is 106 Å². The van der Waals surface area contributed by atoms with E-state index in [0.717, 1.165) is 0 Å². The lowest BCUT2D eigenvalue weighted by Crippen LogP contribution is -2.40. The number of carbonyl (C=O) groups is 2. The molecule has 0 aromatic heterocycles. The van der Waals surface area contributed by atoms with Gasteiger partial charge in [-0.05, 0) is 12.3 Å². The Hall–Kier alpha value is -0.950. The maximum Gasteiger partial charge on any atom is 0.298 e. The van der Waals surface area contributed by atoms with Crippen molar-refractivity contribution in [1.29, 1.82) is 0 Å². The summed E-state index contributed by atoms with van der Waals surface area (Å²) < 4.78 is 22.5. The third-order valence-electron chi connectivity index (χ3n) is 1.47. The molecule has 0 rings (SSSR count). The van der Waals surface area contributed by atoms with Crippen LogP contribution in [-0.4, -0.2) is 20.6 Å². The van der Waals surface area contributed by atoms with Gasteiger partial charge in [-0.15, -0.1) is 0 Å². The maximum absolute atomic E-state index is 11.1. The first kappa shape index (κ1) is 13.1. The van der Waals surface area contributed by atoms with E-state index in [1.807, 2.05) is 13.8 Å². The van der Waals surface area contributed by atoms with E-state index < -0.39 is 22.0 Å². The van der Waals surface area contributed by atoms with Crippen molar-refractivity contribution >= 4 is 22.4 Å². The quantitative estimate of drug-likeness (QED) is 0.467. The van der Waals surface area contributed by atoms with Crippen LogP contribution in [0.1, 0.15) is 20.3 Å². The van der Waals surface area contributed by atoms with Crippen LogP contribution >= 0.6 is 0 Å². The van der Waals surface area contributed by atoms with E-state index in [-0.39, 0.29) is 5.92 Å². The normalized spacial score (nSPS) is 13.7.